The highest BCUT2D eigenvalue weighted by molar-refractivity contribution is 5.94. The van der Waals surface area contributed by atoms with E-state index in [0.717, 1.165) is 5.56 Å². The van der Waals surface area contributed by atoms with Crippen molar-refractivity contribution in [3.63, 3.8) is 0 Å². The first-order valence-corrected chi connectivity index (χ1v) is 13.1. The molecule has 7 rings (SSSR count). The topological polar surface area (TPSA) is 123 Å². The molecule has 4 aliphatic rings. The molecule has 3 aliphatic heterocycles. The first-order chi connectivity index (χ1) is 18.6. The summed E-state index contributed by atoms with van der Waals surface area (Å²) >= 11 is 0. The van der Waals surface area contributed by atoms with Crippen LogP contribution in [0.5, 0.6) is 0 Å². The molecule has 0 spiro atoms. The number of hydrogen-bond donors (Lipinski definition) is 3. The number of nitrogens with zero attached hydrogens (tertiary/aromatic N) is 2. The molecule has 2 atom stereocenters. The number of aryl methyl sites for hydroxylation is 1. The molecule has 39 heavy (non-hydrogen) atoms. The third kappa shape index (κ3) is 3.11. The van der Waals surface area contributed by atoms with Crippen LogP contribution >= 0.6 is 0 Å². The van der Waals surface area contributed by atoms with Gasteiger partial charge in [-0.15, -0.1) is 0 Å². The Morgan fingerprint density at radius 1 is 1.28 bits per heavy atom. The predicted molar refractivity (Wildman–Crippen MR) is 135 cm³/mol. The summed E-state index contributed by atoms with van der Waals surface area (Å²) in [5.74, 6) is -1.94. The number of cyclic esters (lactones) is 1. The standard InChI is InChI=1S/C28H26F2N4O5/c1-3-28(38)16-6-20-23-14(8-34(20)24(35)15(16)9-39-26(28)37)22-18(33-25(36)27(30)10-31-11-27)5-4-13-12(2)17(29)7-19(32-23)21(13)22/h6-7,18,31,38H,3-5,8-11H2,1-2H3,(H,33,36)/t18-,28-/m1/s1. The summed E-state index contributed by atoms with van der Waals surface area (Å²) in [6.07, 6.45) is 0.907. The van der Waals surface area contributed by atoms with Crippen molar-refractivity contribution in [2.75, 3.05) is 13.1 Å². The molecular formula is C28H26F2N4O5. The Bertz CT molecular complexity index is 1710. The van der Waals surface area contributed by atoms with Gasteiger partial charge in [0.1, 0.15) is 12.4 Å². The van der Waals surface area contributed by atoms with Crippen molar-refractivity contribution in [1.29, 1.82) is 0 Å². The van der Waals surface area contributed by atoms with Gasteiger partial charge in [0.05, 0.1) is 35.1 Å². The van der Waals surface area contributed by atoms with Crippen LogP contribution in [-0.2, 0) is 39.5 Å². The number of nitrogens with one attached hydrogen (secondary N) is 2. The lowest BCUT2D eigenvalue weighted by molar-refractivity contribution is -0.172. The van der Waals surface area contributed by atoms with Crippen molar-refractivity contribution in [2.24, 2.45) is 0 Å². The van der Waals surface area contributed by atoms with E-state index in [0.29, 0.717) is 51.8 Å². The molecule has 202 valence electrons. The van der Waals surface area contributed by atoms with Gasteiger partial charge in [-0.1, -0.05) is 6.92 Å². The van der Waals surface area contributed by atoms with E-state index in [1.807, 2.05) is 0 Å². The molecule has 2 aromatic heterocycles. The van der Waals surface area contributed by atoms with Gasteiger partial charge in [0, 0.05) is 35.7 Å². The number of aliphatic hydroxyl groups is 1. The smallest absolute Gasteiger partial charge is 0.343 e. The molecule has 1 aliphatic carbocycles. The molecule has 3 aromatic rings. The van der Waals surface area contributed by atoms with E-state index >= 15 is 0 Å². The molecule has 3 N–H and O–H groups in total. The Kier molecular flexibility index (Phi) is 4.94. The highest BCUT2D eigenvalue weighted by atomic mass is 19.1. The van der Waals surface area contributed by atoms with Crippen molar-refractivity contribution in [3.05, 3.63) is 61.7 Å². The van der Waals surface area contributed by atoms with Crippen molar-refractivity contribution < 1.29 is 28.2 Å². The predicted octanol–water partition coefficient (Wildman–Crippen LogP) is 1.94. The lowest BCUT2D eigenvalue weighted by Crippen LogP contribution is -2.64. The van der Waals surface area contributed by atoms with Crippen LogP contribution in [0.3, 0.4) is 0 Å². The molecule has 0 unspecified atom stereocenters. The zero-order valence-electron chi connectivity index (χ0n) is 21.4. The highest BCUT2D eigenvalue weighted by Crippen LogP contribution is 2.46. The second-order valence-electron chi connectivity index (χ2n) is 10.9. The van der Waals surface area contributed by atoms with Gasteiger partial charge < -0.3 is 25.0 Å². The van der Waals surface area contributed by atoms with Crippen molar-refractivity contribution in [3.8, 4) is 11.4 Å². The number of carbonyl (C=O) groups is 2. The summed E-state index contributed by atoms with van der Waals surface area (Å²) in [4.78, 5) is 43.8. The maximum absolute atomic E-state index is 15.0. The summed E-state index contributed by atoms with van der Waals surface area (Å²) in [5, 5.41) is 17.5. The number of carbonyl (C=O) groups excluding carboxylic acids is 2. The highest BCUT2D eigenvalue weighted by Gasteiger charge is 2.47. The van der Waals surface area contributed by atoms with Crippen LogP contribution in [0.2, 0.25) is 0 Å². The number of rotatable bonds is 3. The zero-order valence-corrected chi connectivity index (χ0v) is 21.4. The SMILES string of the molecule is CC[C@]1(O)C(=O)OCc2c1cc1n(c2=O)Cc2c-1nc1cc(F)c(C)c3c1c2[C@H](NC(=O)C1(F)CNC1)CC3. The van der Waals surface area contributed by atoms with E-state index in [4.69, 9.17) is 9.72 Å². The first kappa shape index (κ1) is 24.3. The number of alkyl halides is 1. The van der Waals surface area contributed by atoms with E-state index < -0.39 is 40.6 Å². The Hall–Kier alpha value is -3.70. The maximum Gasteiger partial charge on any atom is 0.343 e. The number of pyridine rings is 2. The average Bonchev–Trinajstić information content (AvgIpc) is 3.27. The molecule has 1 amide bonds. The lowest BCUT2D eigenvalue weighted by Gasteiger charge is -2.36. The van der Waals surface area contributed by atoms with Crippen LogP contribution in [0.1, 0.15) is 59.2 Å². The number of amides is 1. The van der Waals surface area contributed by atoms with E-state index in [2.05, 4.69) is 10.6 Å². The Morgan fingerprint density at radius 2 is 2.05 bits per heavy atom. The van der Waals surface area contributed by atoms with Gasteiger partial charge in [0.25, 0.3) is 11.5 Å². The van der Waals surface area contributed by atoms with Gasteiger partial charge in [-0.05, 0) is 48.9 Å². The summed E-state index contributed by atoms with van der Waals surface area (Å²) in [5.41, 5.74) is -0.217. The first-order valence-electron chi connectivity index (χ1n) is 13.1. The maximum atomic E-state index is 15.0. The number of esters is 1. The van der Waals surface area contributed by atoms with E-state index in [1.54, 1.807) is 19.9 Å². The third-order valence-corrected chi connectivity index (χ3v) is 8.90. The van der Waals surface area contributed by atoms with Crippen molar-refractivity contribution in [1.82, 2.24) is 20.2 Å². The van der Waals surface area contributed by atoms with Crippen LogP contribution in [0.25, 0.3) is 22.3 Å². The minimum Gasteiger partial charge on any atom is -0.458 e. The fraction of sp³-hybridized carbons (Fsp3) is 0.429. The second-order valence-corrected chi connectivity index (χ2v) is 10.9. The Balaban J connectivity index is 1.47. The summed E-state index contributed by atoms with van der Waals surface area (Å²) in [6, 6.07) is 2.36. The average molecular weight is 537 g/mol. The van der Waals surface area contributed by atoms with Gasteiger partial charge in [0.2, 0.25) is 5.67 Å². The van der Waals surface area contributed by atoms with Gasteiger partial charge in [0.15, 0.2) is 5.60 Å². The fourth-order valence-corrected chi connectivity index (χ4v) is 6.49. The minimum atomic E-state index is -2.00. The molecule has 1 saturated heterocycles. The number of hydrogen-bond acceptors (Lipinski definition) is 7. The molecule has 1 aromatic carbocycles. The molecular weight excluding hydrogens is 510 g/mol. The molecule has 0 saturated carbocycles. The Labute approximate surface area is 221 Å². The normalized spacial score (nSPS) is 23.9. The van der Waals surface area contributed by atoms with Crippen LogP contribution in [0.4, 0.5) is 8.78 Å². The van der Waals surface area contributed by atoms with Crippen molar-refractivity contribution in [2.45, 2.75) is 63.6 Å². The number of benzene rings is 1. The van der Waals surface area contributed by atoms with Crippen LogP contribution in [-0.4, -0.2) is 45.3 Å². The number of fused-ring (bicyclic) bond motifs is 5. The van der Waals surface area contributed by atoms with Gasteiger partial charge in [-0.25, -0.2) is 18.6 Å². The molecule has 0 bridgehead atoms. The second kappa shape index (κ2) is 7.92. The number of halogens is 2. The largest absolute Gasteiger partial charge is 0.458 e. The summed E-state index contributed by atoms with van der Waals surface area (Å²) in [6.45, 7) is 3.06. The van der Waals surface area contributed by atoms with Crippen LogP contribution in [0.15, 0.2) is 16.9 Å². The molecule has 0 radical (unpaired) electrons. The number of ether oxygens (including phenoxy) is 1. The monoisotopic (exact) mass is 536 g/mol. The van der Waals surface area contributed by atoms with Crippen LogP contribution < -0.4 is 16.2 Å². The quantitative estimate of drug-likeness (QED) is 0.342. The van der Waals surface area contributed by atoms with E-state index in [-0.39, 0.29) is 43.8 Å². The summed E-state index contributed by atoms with van der Waals surface area (Å²) in [7, 11) is 0. The number of aromatic nitrogens is 2. The van der Waals surface area contributed by atoms with Gasteiger partial charge >= 0.3 is 5.97 Å². The van der Waals surface area contributed by atoms with E-state index in [1.165, 1.54) is 10.6 Å². The fourth-order valence-electron chi connectivity index (χ4n) is 6.49. The minimum absolute atomic E-state index is 0.00672. The molecule has 11 heteroatoms. The van der Waals surface area contributed by atoms with Crippen LogP contribution in [0, 0.1) is 12.7 Å². The van der Waals surface area contributed by atoms with Crippen molar-refractivity contribution >= 4 is 22.8 Å². The zero-order chi connectivity index (χ0) is 27.4. The molecule has 1 fully saturated rings. The summed E-state index contributed by atoms with van der Waals surface area (Å²) < 4.78 is 36.6. The molecule has 5 heterocycles. The van der Waals surface area contributed by atoms with Gasteiger partial charge in [-0.2, -0.15) is 0 Å². The lowest BCUT2D eigenvalue weighted by atomic mass is 9.81. The third-order valence-electron chi connectivity index (χ3n) is 8.90. The molecule has 9 nitrogen and oxygen atoms in total. The van der Waals surface area contributed by atoms with Gasteiger partial charge in [-0.3, -0.25) is 9.59 Å². The van der Waals surface area contributed by atoms with E-state index in [9.17, 15) is 28.3 Å². The Morgan fingerprint density at radius 3 is 2.74 bits per heavy atom.